The third-order valence-electron chi connectivity index (χ3n) is 2.90. The number of rotatable bonds is 5. The summed E-state index contributed by atoms with van der Waals surface area (Å²) in [5, 5.41) is 9.26. The summed E-state index contributed by atoms with van der Waals surface area (Å²) in [6.45, 7) is 8.55. The van der Waals surface area contributed by atoms with Crippen LogP contribution >= 0.6 is 0 Å². The number of likely N-dealkylation sites (N-methyl/N-ethyl adjacent to an activating group) is 1. The molecule has 0 radical (unpaired) electrons. The van der Waals surface area contributed by atoms with Crippen molar-refractivity contribution in [1.82, 2.24) is 9.88 Å². The molecule has 0 saturated carbocycles. The predicted octanol–water partition coefficient (Wildman–Crippen LogP) is 2.33. The monoisotopic (exact) mass is 261 g/mol. The van der Waals surface area contributed by atoms with Crippen molar-refractivity contribution in [2.45, 2.75) is 32.7 Å². The topological polar surface area (TPSA) is 49.1 Å². The van der Waals surface area contributed by atoms with E-state index in [0.29, 0.717) is 12.2 Å². The normalized spacial score (nSPS) is 11.6. The first kappa shape index (κ1) is 15.6. The van der Waals surface area contributed by atoms with Gasteiger partial charge >= 0.3 is 0 Å². The van der Waals surface area contributed by atoms with E-state index >= 15 is 0 Å². The van der Waals surface area contributed by atoms with Crippen molar-refractivity contribution in [1.29, 1.82) is 5.26 Å². The van der Waals surface area contributed by atoms with Gasteiger partial charge in [-0.15, -0.1) is 0 Å². The number of hydrogen-bond donors (Lipinski definition) is 0. The minimum absolute atomic E-state index is 0.106. The van der Waals surface area contributed by atoms with Gasteiger partial charge in [-0.1, -0.05) is 20.8 Å². The summed E-state index contributed by atoms with van der Waals surface area (Å²) in [6.07, 6.45) is 1.87. The van der Waals surface area contributed by atoms with Gasteiger partial charge in [0.15, 0.2) is 0 Å². The molecule has 4 heteroatoms. The van der Waals surface area contributed by atoms with Crippen LogP contribution in [0.4, 0.5) is 0 Å². The van der Waals surface area contributed by atoms with Crippen molar-refractivity contribution < 1.29 is 4.74 Å². The van der Waals surface area contributed by atoms with Crippen LogP contribution in [-0.4, -0.2) is 37.2 Å². The Kier molecular flexibility index (Phi) is 5.46. The second-order valence-electron chi connectivity index (χ2n) is 5.83. The zero-order chi connectivity index (χ0) is 14.5. The van der Waals surface area contributed by atoms with E-state index in [1.54, 1.807) is 7.11 Å². The second-order valence-corrected chi connectivity index (χ2v) is 5.83. The molecule has 0 unspecified atom stereocenters. The van der Waals surface area contributed by atoms with Gasteiger partial charge in [0.2, 0.25) is 0 Å². The number of nitriles is 1. The summed E-state index contributed by atoms with van der Waals surface area (Å²) in [7, 11) is 3.73. The van der Waals surface area contributed by atoms with E-state index in [1.807, 2.05) is 19.3 Å². The Morgan fingerprint density at radius 1 is 1.42 bits per heavy atom. The van der Waals surface area contributed by atoms with Crippen LogP contribution < -0.4 is 0 Å². The van der Waals surface area contributed by atoms with Gasteiger partial charge in [0, 0.05) is 31.8 Å². The van der Waals surface area contributed by atoms with Gasteiger partial charge in [0.05, 0.1) is 17.9 Å². The fourth-order valence-electron chi connectivity index (χ4n) is 1.92. The molecule has 1 aromatic rings. The first-order valence-electron chi connectivity index (χ1n) is 6.45. The van der Waals surface area contributed by atoms with E-state index in [2.05, 4.69) is 36.7 Å². The lowest BCUT2D eigenvalue weighted by Gasteiger charge is -2.21. The van der Waals surface area contributed by atoms with E-state index in [1.165, 1.54) is 0 Å². The van der Waals surface area contributed by atoms with Crippen molar-refractivity contribution in [3.63, 3.8) is 0 Å². The Morgan fingerprint density at radius 2 is 2.11 bits per heavy atom. The number of nitrogens with zero attached hydrogens (tertiary/aromatic N) is 3. The van der Waals surface area contributed by atoms with Crippen LogP contribution in [0.2, 0.25) is 0 Å². The molecule has 0 aliphatic carbocycles. The lowest BCUT2D eigenvalue weighted by Crippen LogP contribution is -2.23. The van der Waals surface area contributed by atoms with Gasteiger partial charge in [0.25, 0.3) is 0 Å². The lowest BCUT2D eigenvalue weighted by atomic mass is 9.88. The van der Waals surface area contributed by atoms with Crippen LogP contribution in [0, 0.1) is 11.3 Å². The van der Waals surface area contributed by atoms with Crippen LogP contribution in [-0.2, 0) is 16.7 Å². The largest absolute Gasteiger partial charge is 0.383 e. The average molecular weight is 261 g/mol. The number of aromatic nitrogens is 1. The molecule has 0 saturated heterocycles. The predicted molar refractivity (Wildman–Crippen MR) is 75.9 cm³/mol. The van der Waals surface area contributed by atoms with Crippen molar-refractivity contribution in [2.24, 2.45) is 0 Å². The summed E-state index contributed by atoms with van der Waals surface area (Å²) < 4.78 is 5.05. The van der Waals surface area contributed by atoms with Gasteiger partial charge in [-0.05, 0) is 18.7 Å². The first-order valence-corrected chi connectivity index (χ1v) is 6.45. The Hall–Kier alpha value is -1.44. The zero-order valence-electron chi connectivity index (χ0n) is 12.5. The number of methoxy groups -OCH3 is 1. The molecule has 0 aliphatic rings. The fourth-order valence-corrected chi connectivity index (χ4v) is 1.92. The van der Waals surface area contributed by atoms with Crippen molar-refractivity contribution in [2.75, 3.05) is 27.3 Å². The Morgan fingerprint density at radius 3 is 2.63 bits per heavy atom. The fraction of sp³-hybridized carbons (Fsp3) is 0.600. The summed E-state index contributed by atoms with van der Waals surface area (Å²) >= 11 is 0. The molecular formula is C15H23N3O. The van der Waals surface area contributed by atoms with Crippen LogP contribution in [0.1, 0.15) is 37.6 Å². The molecule has 0 spiro atoms. The molecular weight excluding hydrogens is 238 g/mol. The summed E-state index contributed by atoms with van der Waals surface area (Å²) in [5.74, 6) is 0. The van der Waals surface area contributed by atoms with Gasteiger partial charge in [0.1, 0.15) is 6.07 Å². The molecule has 0 aromatic carbocycles. The maximum atomic E-state index is 9.26. The van der Waals surface area contributed by atoms with Gasteiger partial charge in [-0.3, -0.25) is 9.88 Å². The van der Waals surface area contributed by atoms with Crippen molar-refractivity contribution in [3.8, 4) is 6.07 Å². The maximum Gasteiger partial charge on any atom is 0.101 e. The van der Waals surface area contributed by atoms with Crippen molar-refractivity contribution in [3.05, 3.63) is 29.1 Å². The first-order chi connectivity index (χ1) is 8.88. The van der Waals surface area contributed by atoms with Gasteiger partial charge < -0.3 is 4.74 Å². The molecule has 0 amide bonds. The molecule has 0 atom stereocenters. The Balaban J connectivity index is 2.87. The highest BCUT2D eigenvalue weighted by Crippen LogP contribution is 2.24. The molecule has 19 heavy (non-hydrogen) atoms. The highest BCUT2D eigenvalue weighted by molar-refractivity contribution is 5.39. The van der Waals surface area contributed by atoms with Crippen LogP contribution in [0.3, 0.4) is 0 Å². The second kappa shape index (κ2) is 6.65. The third kappa shape index (κ3) is 4.62. The van der Waals surface area contributed by atoms with Crippen LogP contribution in [0.15, 0.2) is 12.3 Å². The Labute approximate surface area is 116 Å². The minimum atomic E-state index is -0.106. The molecule has 1 aromatic heterocycles. The van der Waals surface area contributed by atoms with E-state index in [4.69, 9.17) is 4.74 Å². The molecule has 0 fully saturated rings. The van der Waals surface area contributed by atoms with E-state index in [9.17, 15) is 5.26 Å². The van der Waals surface area contributed by atoms with Crippen molar-refractivity contribution >= 4 is 0 Å². The summed E-state index contributed by atoms with van der Waals surface area (Å²) in [4.78, 5) is 6.62. The summed E-state index contributed by atoms with van der Waals surface area (Å²) in [6, 6.07) is 4.19. The standard InChI is InChI=1S/C15H23N3O/c1-15(2,3)14-13(9-16)8-12(10-17-14)11-18(4)6-7-19-5/h8,10H,6-7,11H2,1-5H3. The third-order valence-corrected chi connectivity index (χ3v) is 2.90. The van der Waals surface area contributed by atoms with Gasteiger partial charge in [-0.2, -0.15) is 5.26 Å². The highest BCUT2D eigenvalue weighted by atomic mass is 16.5. The SMILES string of the molecule is COCCN(C)Cc1cnc(C(C)(C)C)c(C#N)c1. The smallest absolute Gasteiger partial charge is 0.101 e. The van der Waals surface area contributed by atoms with Crippen LogP contribution in [0.5, 0.6) is 0 Å². The van der Waals surface area contributed by atoms with E-state index in [0.717, 1.165) is 24.3 Å². The lowest BCUT2D eigenvalue weighted by molar-refractivity contribution is 0.158. The van der Waals surface area contributed by atoms with Crippen LogP contribution in [0.25, 0.3) is 0 Å². The molecule has 1 heterocycles. The maximum absolute atomic E-state index is 9.26. The molecule has 104 valence electrons. The average Bonchev–Trinajstić information content (AvgIpc) is 2.34. The minimum Gasteiger partial charge on any atom is -0.383 e. The zero-order valence-corrected chi connectivity index (χ0v) is 12.5. The van der Waals surface area contributed by atoms with E-state index in [-0.39, 0.29) is 5.41 Å². The highest BCUT2D eigenvalue weighted by Gasteiger charge is 2.20. The van der Waals surface area contributed by atoms with E-state index < -0.39 is 0 Å². The Bertz CT molecular complexity index is 457. The number of hydrogen-bond acceptors (Lipinski definition) is 4. The molecule has 4 nitrogen and oxygen atoms in total. The summed E-state index contributed by atoms with van der Waals surface area (Å²) in [5.41, 5.74) is 2.48. The number of pyridine rings is 1. The molecule has 1 rings (SSSR count). The van der Waals surface area contributed by atoms with Gasteiger partial charge in [-0.25, -0.2) is 0 Å². The molecule has 0 aliphatic heterocycles. The molecule has 0 bridgehead atoms. The quantitative estimate of drug-likeness (QED) is 0.816. The molecule has 0 N–H and O–H groups in total. The number of ether oxygens (including phenoxy) is 1.